The summed E-state index contributed by atoms with van der Waals surface area (Å²) < 4.78 is 0. The summed E-state index contributed by atoms with van der Waals surface area (Å²) in [4.78, 5) is 27.7. The van der Waals surface area contributed by atoms with Crippen LogP contribution in [0.3, 0.4) is 0 Å². The first-order chi connectivity index (χ1) is 11.5. The first kappa shape index (κ1) is 22.5. The van der Waals surface area contributed by atoms with E-state index in [9.17, 15) is 9.59 Å². The number of rotatable bonds is 8. The van der Waals surface area contributed by atoms with E-state index >= 15 is 0 Å². The van der Waals surface area contributed by atoms with Crippen LogP contribution in [0, 0.1) is 0 Å². The van der Waals surface area contributed by atoms with Crippen LogP contribution in [0.5, 0.6) is 0 Å². The van der Waals surface area contributed by atoms with E-state index in [4.69, 9.17) is 0 Å². The Morgan fingerprint density at radius 3 is 1.80 bits per heavy atom. The van der Waals surface area contributed by atoms with E-state index in [-0.39, 0.29) is 11.7 Å². The molecule has 1 amide bonds. The average molecular weight is 348 g/mol. The van der Waals surface area contributed by atoms with Crippen LogP contribution in [0.2, 0.25) is 0 Å². The van der Waals surface area contributed by atoms with Gasteiger partial charge in [0.1, 0.15) is 5.70 Å². The fourth-order valence-corrected chi connectivity index (χ4v) is 2.45. The summed E-state index contributed by atoms with van der Waals surface area (Å²) in [6.45, 7) is 10.8. The van der Waals surface area contributed by atoms with Crippen LogP contribution in [0.4, 0.5) is 0 Å². The quantitative estimate of drug-likeness (QED) is 0.660. The lowest BCUT2D eigenvalue weighted by molar-refractivity contribution is -0.118. The van der Waals surface area contributed by atoms with Gasteiger partial charge in [-0.3, -0.25) is 9.59 Å². The molecular weight excluding hydrogens is 316 g/mol. The largest absolute Gasteiger partial charge is 0.390 e. The number of hydrogen-bond acceptors (Lipinski definition) is 5. The standard InChI is InChI=1S/C19H32N4O2/c1-10-17(16(6)24)22(8)12-15(5)21-19(25)18(13(2)3)23(9)11-14(4)20-7/h10-12,20H,1-9H3,(H,21,25)/b14-11+,15-12+,17-10+. The van der Waals surface area contributed by atoms with Gasteiger partial charge in [-0.1, -0.05) is 6.08 Å². The zero-order chi connectivity index (χ0) is 19.7. The van der Waals surface area contributed by atoms with Crippen LogP contribution in [-0.4, -0.2) is 42.6 Å². The second-order valence-electron chi connectivity index (χ2n) is 6.13. The second kappa shape index (κ2) is 10.4. The van der Waals surface area contributed by atoms with Gasteiger partial charge in [0.25, 0.3) is 5.91 Å². The zero-order valence-corrected chi connectivity index (χ0v) is 16.9. The van der Waals surface area contributed by atoms with E-state index in [1.165, 1.54) is 6.92 Å². The van der Waals surface area contributed by atoms with E-state index in [0.29, 0.717) is 17.1 Å². The molecule has 6 heteroatoms. The number of amides is 1. The van der Waals surface area contributed by atoms with E-state index in [0.717, 1.165) is 11.3 Å². The third kappa shape index (κ3) is 7.28. The third-order valence-electron chi connectivity index (χ3n) is 3.54. The molecule has 0 unspecified atom stereocenters. The normalized spacial score (nSPS) is 12.4. The van der Waals surface area contributed by atoms with Crippen LogP contribution < -0.4 is 10.6 Å². The summed E-state index contributed by atoms with van der Waals surface area (Å²) in [6, 6.07) is 0. The zero-order valence-electron chi connectivity index (χ0n) is 16.9. The number of carbonyl (C=O) groups is 2. The minimum absolute atomic E-state index is 0.0298. The van der Waals surface area contributed by atoms with Gasteiger partial charge in [0.05, 0.1) is 5.70 Å². The highest BCUT2D eigenvalue weighted by Gasteiger charge is 2.16. The Morgan fingerprint density at radius 2 is 1.40 bits per heavy atom. The molecule has 0 aromatic carbocycles. The molecule has 140 valence electrons. The van der Waals surface area contributed by atoms with Gasteiger partial charge in [0.2, 0.25) is 0 Å². The van der Waals surface area contributed by atoms with E-state index in [1.54, 1.807) is 36.0 Å². The van der Waals surface area contributed by atoms with Crippen molar-refractivity contribution in [2.45, 2.75) is 41.5 Å². The molecule has 2 N–H and O–H groups in total. The van der Waals surface area contributed by atoms with Crippen LogP contribution in [0.15, 0.2) is 46.8 Å². The number of Topliss-reactive ketones (excluding diaryl/α,β-unsaturated/α-hetero) is 1. The molecule has 25 heavy (non-hydrogen) atoms. The monoisotopic (exact) mass is 348 g/mol. The van der Waals surface area contributed by atoms with Crippen molar-refractivity contribution in [1.29, 1.82) is 0 Å². The molecule has 0 atom stereocenters. The minimum Gasteiger partial charge on any atom is -0.390 e. The molecule has 0 saturated carbocycles. The van der Waals surface area contributed by atoms with Crippen molar-refractivity contribution in [3.05, 3.63) is 46.8 Å². The average Bonchev–Trinajstić information content (AvgIpc) is 2.46. The summed E-state index contributed by atoms with van der Waals surface area (Å²) >= 11 is 0. The first-order valence-electron chi connectivity index (χ1n) is 8.21. The lowest BCUT2D eigenvalue weighted by atomic mass is 10.2. The molecule has 0 aliphatic heterocycles. The maximum absolute atomic E-state index is 12.7. The number of allylic oxidation sites excluding steroid dienone is 5. The topological polar surface area (TPSA) is 64.7 Å². The van der Waals surface area contributed by atoms with Gasteiger partial charge in [-0.2, -0.15) is 0 Å². The predicted molar refractivity (Wildman–Crippen MR) is 103 cm³/mol. The predicted octanol–water partition coefficient (Wildman–Crippen LogP) is 2.69. The highest BCUT2D eigenvalue weighted by Crippen LogP contribution is 2.12. The SMILES string of the molecule is C/C=C(\C(C)=O)N(C)/C=C(\C)NC(=O)C(=C(C)C)N(C)/C=C(\C)NC. The van der Waals surface area contributed by atoms with Gasteiger partial charge in [-0.25, -0.2) is 0 Å². The molecule has 0 saturated heterocycles. The van der Waals surface area contributed by atoms with Crippen LogP contribution >= 0.6 is 0 Å². The molecule has 0 aliphatic carbocycles. The van der Waals surface area contributed by atoms with Crippen molar-refractivity contribution >= 4 is 11.7 Å². The van der Waals surface area contributed by atoms with Crippen molar-refractivity contribution in [3.8, 4) is 0 Å². The van der Waals surface area contributed by atoms with Crippen LogP contribution in [0.25, 0.3) is 0 Å². The van der Waals surface area contributed by atoms with Gasteiger partial charge in [-0.15, -0.1) is 0 Å². The van der Waals surface area contributed by atoms with Crippen LogP contribution in [0.1, 0.15) is 41.5 Å². The Bertz CT molecular complexity index is 623. The van der Waals surface area contributed by atoms with Crippen molar-refractivity contribution in [2.75, 3.05) is 21.1 Å². The van der Waals surface area contributed by atoms with E-state index in [1.807, 2.05) is 48.0 Å². The summed E-state index contributed by atoms with van der Waals surface area (Å²) in [7, 11) is 5.44. The molecule has 0 aromatic heterocycles. The molecule has 6 nitrogen and oxygen atoms in total. The fourth-order valence-electron chi connectivity index (χ4n) is 2.45. The maximum Gasteiger partial charge on any atom is 0.271 e. The Balaban J connectivity index is 5.37. The summed E-state index contributed by atoms with van der Waals surface area (Å²) in [5, 5.41) is 5.91. The van der Waals surface area contributed by atoms with E-state index < -0.39 is 0 Å². The molecular formula is C19H32N4O2. The van der Waals surface area contributed by atoms with E-state index in [2.05, 4.69) is 10.6 Å². The Labute approximate surface area is 151 Å². The van der Waals surface area contributed by atoms with Crippen molar-refractivity contribution < 1.29 is 9.59 Å². The highest BCUT2D eigenvalue weighted by molar-refractivity contribution is 5.95. The number of likely N-dealkylation sites (N-methyl/N-ethyl adjacent to an activating group) is 2. The van der Waals surface area contributed by atoms with Crippen molar-refractivity contribution in [2.24, 2.45) is 0 Å². The lowest BCUT2D eigenvalue weighted by Gasteiger charge is -2.22. The fraction of sp³-hybridized carbons (Fsp3) is 0.474. The van der Waals surface area contributed by atoms with Gasteiger partial charge < -0.3 is 20.4 Å². The summed E-state index contributed by atoms with van der Waals surface area (Å²) in [6.07, 6.45) is 5.33. The molecule has 0 fully saturated rings. The third-order valence-corrected chi connectivity index (χ3v) is 3.54. The number of nitrogens with one attached hydrogen (secondary N) is 2. The molecule has 0 aromatic rings. The Morgan fingerprint density at radius 1 is 0.880 bits per heavy atom. The van der Waals surface area contributed by atoms with Gasteiger partial charge >= 0.3 is 0 Å². The first-order valence-corrected chi connectivity index (χ1v) is 8.21. The molecule has 0 radical (unpaired) electrons. The Kier molecular flexibility index (Phi) is 9.34. The van der Waals surface area contributed by atoms with Gasteiger partial charge in [-0.05, 0) is 40.2 Å². The Hall–Kier alpha value is -2.50. The second-order valence-corrected chi connectivity index (χ2v) is 6.13. The molecule has 0 rings (SSSR count). The number of carbonyl (C=O) groups excluding carboxylic acids is 2. The molecule has 0 aliphatic rings. The van der Waals surface area contributed by atoms with Crippen molar-refractivity contribution in [3.63, 3.8) is 0 Å². The number of hydrogen-bond donors (Lipinski definition) is 2. The smallest absolute Gasteiger partial charge is 0.271 e. The van der Waals surface area contributed by atoms with Crippen LogP contribution in [-0.2, 0) is 9.59 Å². The molecule has 0 spiro atoms. The van der Waals surface area contributed by atoms with Gasteiger partial charge in [0.15, 0.2) is 5.78 Å². The highest BCUT2D eigenvalue weighted by atomic mass is 16.2. The summed E-state index contributed by atoms with van der Waals surface area (Å²) in [5.41, 5.74) is 3.64. The summed E-state index contributed by atoms with van der Waals surface area (Å²) in [5.74, 6) is -0.229. The molecule has 0 bridgehead atoms. The van der Waals surface area contributed by atoms with Crippen molar-refractivity contribution in [1.82, 2.24) is 20.4 Å². The maximum atomic E-state index is 12.7. The van der Waals surface area contributed by atoms with Gasteiger partial charge in [0, 0.05) is 51.9 Å². The minimum atomic E-state index is -0.199. The number of ketones is 1. The lowest BCUT2D eigenvalue weighted by Crippen LogP contribution is -2.32. The molecule has 0 heterocycles. The number of nitrogens with zero attached hydrogens (tertiary/aromatic N) is 2.